The molecule has 0 saturated carbocycles. The quantitative estimate of drug-likeness (QED) is 0.664. The van der Waals surface area contributed by atoms with E-state index in [1.54, 1.807) is 12.3 Å². The van der Waals surface area contributed by atoms with E-state index in [-0.39, 0.29) is 5.91 Å². The molecule has 1 amide bonds. The van der Waals surface area contributed by atoms with Crippen molar-refractivity contribution in [2.45, 2.75) is 19.3 Å². The zero-order valence-electron chi connectivity index (χ0n) is 15.7. The summed E-state index contributed by atoms with van der Waals surface area (Å²) in [7, 11) is 0. The van der Waals surface area contributed by atoms with Gasteiger partial charge in [0, 0.05) is 30.5 Å². The summed E-state index contributed by atoms with van der Waals surface area (Å²) < 4.78 is 5.81. The maximum atomic E-state index is 12.7. The third kappa shape index (κ3) is 4.49. The molecule has 1 aliphatic heterocycles. The van der Waals surface area contributed by atoms with Gasteiger partial charge >= 0.3 is 0 Å². The van der Waals surface area contributed by atoms with Crippen molar-refractivity contribution >= 4 is 17.4 Å². The molecule has 3 aromatic rings. The summed E-state index contributed by atoms with van der Waals surface area (Å²) in [6.45, 7) is 1.68. The first-order valence-electron chi connectivity index (χ1n) is 9.63. The van der Waals surface area contributed by atoms with Gasteiger partial charge in [-0.2, -0.15) is 0 Å². The van der Waals surface area contributed by atoms with Gasteiger partial charge in [-0.25, -0.2) is 4.98 Å². The number of likely N-dealkylation sites (tertiary alicyclic amines) is 1. The van der Waals surface area contributed by atoms with Gasteiger partial charge in [0.1, 0.15) is 17.3 Å². The van der Waals surface area contributed by atoms with Crippen LogP contribution in [0.4, 0.5) is 11.5 Å². The maximum absolute atomic E-state index is 12.7. The van der Waals surface area contributed by atoms with Gasteiger partial charge < -0.3 is 15.0 Å². The number of ether oxygens (including phenoxy) is 1. The van der Waals surface area contributed by atoms with Crippen LogP contribution in [0.3, 0.4) is 0 Å². The van der Waals surface area contributed by atoms with Gasteiger partial charge in [0.2, 0.25) is 0 Å². The predicted octanol–water partition coefficient (Wildman–Crippen LogP) is 5.24. The number of nitrogens with one attached hydrogen (secondary N) is 1. The summed E-state index contributed by atoms with van der Waals surface area (Å²) in [4.78, 5) is 18.9. The van der Waals surface area contributed by atoms with E-state index in [0.29, 0.717) is 11.4 Å². The second-order valence-electron chi connectivity index (χ2n) is 6.85. The molecular formula is C23H23N3O2. The van der Waals surface area contributed by atoms with Gasteiger partial charge in [-0.1, -0.05) is 18.2 Å². The van der Waals surface area contributed by atoms with Gasteiger partial charge in [0.05, 0.1) is 0 Å². The average Bonchev–Trinajstić information content (AvgIpc) is 2.76. The Hall–Kier alpha value is -3.34. The van der Waals surface area contributed by atoms with Crippen molar-refractivity contribution in [1.29, 1.82) is 0 Å². The Balaban J connectivity index is 1.42. The maximum Gasteiger partial charge on any atom is 0.254 e. The molecule has 1 saturated heterocycles. The number of nitrogens with zero attached hydrogens (tertiary/aromatic N) is 2. The van der Waals surface area contributed by atoms with E-state index in [1.807, 2.05) is 65.6 Å². The van der Waals surface area contributed by atoms with Gasteiger partial charge in [-0.3, -0.25) is 4.79 Å². The molecule has 0 spiro atoms. The molecule has 5 nitrogen and oxygen atoms in total. The minimum absolute atomic E-state index is 0.0803. The van der Waals surface area contributed by atoms with Crippen LogP contribution in [0.25, 0.3) is 0 Å². The fourth-order valence-electron chi connectivity index (χ4n) is 3.29. The second kappa shape index (κ2) is 8.57. The first-order chi connectivity index (χ1) is 13.8. The molecule has 2 aromatic carbocycles. The Morgan fingerprint density at radius 3 is 2.36 bits per heavy atom. The van der Waals surface area contributed by atoms with Crippen molar-refractivity contribution in [2.75, 3.05) is 18.4 Å². The molecule has 0 radical (unpaired) electrons. The van der Waals surface area contributed by atoms with Crippen LogP contribution in [0.5, 0.6) is 11.5 Å². The molecule has 0 unspecified atom stereocenters. The number of rotatable bonds is 5. The highest BCUT2D eigenvalue weighted by Crippen LogP contribution is 2.24. The van der Waals surface area contributed by atoms with Crippen LogP contribution in [-0.2, 0) is 0 Å². The van der Waals surface area contributed by atoms with Crippen molar-refractivity contribution < 1.29 is 9.53 Å². The van der Waals surface area contributed by atoms with Crippen molar-refractivity contribution in [3.8, 4) is 11.5 Å². The van der Waals surface area contributed by atoms with E-state index < -0.39 is 0 Å². The molecule has 1 N–H and O–H groups in total. The smallest absolute Gasteiger partial charge is 0.254 e. The second-order valence-corrected chi connectivity index (χ2v) is 6.85. The molecule has 2 heterocycles. The van der Waals surface area contributed by atoms with E-state index in [2.05, 4.69) is 10.3 Å². The topological polar surface area (TPSA) is 54.5 Å². The number of hydrogen-bond acceptors (Lipinski definition) is 4. The zero-order chi connectivity index (χ0) is 19.2. The molecule has 0 bridgehead atoms. The lowest BCUT2D eigenvalue weighted by molar-refractivity contribution is 0.0724. The number of amides is 1. The van der Waals surface area contributed by atoms with E-state index in [4.69, 9.17) is 4.74 Å². The van der Waals surface area contributed by atoms with E-state index in [9.17, 15) is 4.79 Å². The first-order valence-corrected chi connectivity index (χ1v) is 9.63. The number of piperidine rings is 1. The first kappa shape index (κ1) is 18.0. The monoisotopic (exact) mass is 373 g/mol. The van der Waals surface area contributed by atoms with Crippen LogP contribution in [0, 0.1) is 0 Å². The lowest BCUT2D eigenvalue weighted by Crippen LogP contribution is -2.35. The minimum atomic E-state index is 0.0803. The van der Waals surface area contributed by atoms with Crippen molar-refractivity contribution in [1.82, 2.24) is 9.88 Å². The third-order valence-corrected chi connectivity index (χ3v) is 4.76. The van der Waals surface area contributed by atoms with Crippen LogP contribution in [0.1, 0.15) is 29.6 Å². The molecule has 1 aromatic heterocycles. The van der Waals surface area contributed by atoms with Crippen molar-refractivity contribution in [2.24, 2.45) is 0 Å². The summed E-state index contributed by atoms with van der Waals surface area (Å²) in [5.74, 6) is 2.30. The number of para-hydroxylation sites is 1. The number of carbonyl (C=O) groups is 1. The Labute approximate surface area is 165 Å². The lowest BCUT2D eigenvalue weighted by atomic mass is 10.1. The highest BCUT2D eigenvalue weighted by molar-refractivity contribution is 5.95. The van der Waals surface area contributed by atoms with Crippen molar-refractivity contribution in [3.05, 3.63) is 78.5 Å². The summed E-state index contributed by atoms with van der Waals surface area (Å²) in [6, 6.07) is 20.9. The van der Waals surface area contributed by atoms with Crippen LogP contribution in [0.15, 0.2) is 72.9 Å². The van der Waals surface area contributed by atoms with E-state index in [1.165, 1.54) is 6.42 Å². The minimum Gasteiger partial charge on any atom is -0.457 e. The number of hydrogen-bond donors (Lipinski definition) is 1. The molecule has 0 aliphatic carbocycles. The molecule has 1 aliphatic rings. The van der Waals surface area contributed by atoms with Crippen LogP contribution >= 0.6 is 0 Å². The van der Waals surface area contributed by atoms with E-state index >= 15 is 0 Å². The molecule has 28 heavy (non-hydrogen) atoms. The predicted molar refractivity (Wildman–Crippen MR) is 110 cm³/mol. The third-order valence-electron chi connectivity index (χ3n) is 4.76. The summed E-state index contributed by atoms with van der Waals surface area (Å²) in [5.41, 5.74) is 1.55. The Morgan fingerprint density at radius 2 is 1.61 bits per heavy atom. The van der Waals surface area contributed by atoms with Crippen molar-refractivity contribution in [3.63, 3.8) is 0 Å². The largest absolute Gasteiger partial charge is 0.457 e. The number of aromatic nitrogens is 1. The lowest BCUT2D eigenvalue weighted by Gasteiger charge is -2.26. The number of pyridine rings is 1. The zero-order valence-corrected chi connectivity index (χ0v) is 15.7. The number of benzene rings is 2. The fourth-order valence-corrected chi connectivity index (χ4v) is 3.29. The van der Waals surface area contributed by atoms with Crippen LogP contribution < -0.4 is 10.1 Å². The van der Waals surface area contributed by atoms with Gasteiger partial charge in [-0.15, -0.1) is 0 Å². The highest BCUT2D eigenvalue weighted by Gasteiger charge is 2.18. The summed E-state index contributed by atoms with van der Waals surface area (Å²) in [6.07, 6.45) is 5.04. The fraction of sp³-hybridized carbons (Fsp3) is 0.217. The highest BCUT2D eigenvalue weighted by atomic mass is 16.5. The normalized spacial score (nSPS) is 13.8. The summed E-state index contributed by atoms with van der Waals surface area (Å²) in [5, 5.41) is 3.26. The van der Waals surface area contributed by atoms with E-state index in [0.717, 1.165) is 43.1 Å². The molecule has 5 heteroatoms. The van der Waals surface area contributed by atoms with Crippen LogP contribution in [-0.4, -0.2) is 28.9 Å². The summed E-state index contributed by atoms with van der Waals surface area (Å²) >= 11 is 0. The molecule has 0 atom stereocenters. The molecule has 4 rings (SSSR count). The molecule has 142 valence electrons. The van der Waals surface area contributed by atoms with Crippen LogP contribution in [0.2, 0.25) is 0 Å². The Bertz CT molecular complexity index is 920. The SMILES string of the molecule is O=C(c1ccnc(Nc2ccc(Oc3ccccc3)cc2)c1)N1CCCCC1. The number of anilines is 2. The molecular weight excluding hydrogens is 350 g/mol. The molecule has 1 fully saturated rings. The Kier molecular flexibility index (Phi) is 5.52. The Morgan fingerprint density at radius 1 is 0.893 bits per heavy atom. The van der Waals surface area contributed by atoms with Gasteiger partial charge in [0.15, 0.2) is 0 Å². The van der Waals surface area contributed by atoms with Gasteiger partial charge in [0.25, 0.3) is 5.91 Å². The van der Waals surface area contributed by atoms with Gasteiger partial charge in [-0.05, 0) is 67.8 Å². The standard InChI is InChI=1S/C23H23N3O2/c27-23(26-15-5-2-6-16-26)18-13-14-24-22(17-18)25-19-9-11-21(12-10-19)28-20-7-3-1-4-8-20/h1,3-4,7-14,17H,2,5-6,15-16H2,(H,24,25). The number of carbonyl (C=O) groups excluding carboxylic acids is 1. The average molecular weight is 373 g/mol.